The van der Waals surface area contributed by atoms with Gasteiger partial charge < -0.3 is 24.2 Å². The Bertz CT molecular complexity index is 1210. The highest BCUT2D eigenvalue weighted by Crippen LogP contribution is 2.38. The summed E-state index contributed by atoms with van der Waals surface area (Å²) in [4.78, 5) is 28.3. The van der Waals surface area contributed by atoms with E-state index in [9.17, 15) is 10.1 Å². The van der Waals surface area contributed by atoms with E-state index < -0.39 is 0 Å². The Morgan fingerprint density at radius 3 is 2.83 bits per heavy atom. The Morgan fingerprint density at radius 1 is 1.22 bits per heavy atom. The van der Waals surface area contributed by atoms with E-state index in [2.05, 4.69) is 34.6 Å². The van der Waals surface area contributed by atoms with Crippen molar-refractivity contribution in [3.63, 3.8) is 0 Å². The Morgan fingerprint density at radius 2 is 2.08 bits per heavy atom. The summed E-state index contributed by atoms with van der Waals surface area (Å²) in [5, 5.41) is 9.37. The number of hydrogen-bond acceptors (Lipinski definition) is 8. The predicted octanol–water partition coefficient (Wildman–Crippen LogP) is 2.53. The molecule has 1 aliphatic carbocycles. The lowest BCUT2D eigenvalue weighted by atomic mass is 9.90. The molecule has 1 saturated heterocycles. The van der Waals surface area contributed by atoms with Gasteiger partial charge in [-0.2, -0.15) is 15.2 Å². The lowest BCUT2D eigenvalue weighted by Gasteiger charge is -2.42. The lowest BCUT2D eigenvalue weighted by molar-refractivity contribution is -0.128. The van der Waals surface area contributed by atoms with Crippen LogP contribution in [0.15, 0.2) is 30.9 Å². The summed E-state index contributed by atoms with van der Waals surface area (Å²) in [5.74, 6) is 1.61. The molecule has 3 heterocycles. The molecule has 0 saturated carbocycles. The second-order valence-electron chi connectivity index (χ2n) is 9.49. The first kappa shape index (κ1) is 23.9. The van der Waals surface area contributed by atoms with E-state index in [1.807, 2.05) is 6.07 Å². The van der Waals surface area contributed by atoms with Gasteiger partial charge in [0.25, 0.3) is 0 Å². The van der Waals surface area contributed by atoms with Gasteiger partial charge in [-0.3, -0.25) is 4.79 Å². The molecule has 3 aliphatic rings. The van der Waals surface area contributed by atoms with Crippen molar-refractivity contribution in [3.05, 3.63) is 47.7 Å². The molecule has 9 nitrogen and oxygen atoms in total. The molecule has 1 aromatic carbocycles. The lowest BCUT2D eigenvalue weighted by Crippen LogP contribution is -2.55. The topological polar surface area (TPSA) is 94.8 Å². The van der Waals surface area contributed by atoms with Gasteiger partial charge in [-0.05, 0) is 37.0 Å². The van der Waals surface area contributed by atoms with Gasteiger partial charge in [0.15, 0.2) is 0 Å². The van der Waals surface area contributed by atoms with Crippen LogP contribution in [0.1, 0.15) is 29.7 Å². The number of anilines is 2. The molecule has 1 unspecified atom stereocenters. The summed E-state index contributed by atoms with van der Waals surface area (Å²) in [5.41, 5.74) is 4.78. The van der Waals surface area contributed by atoms with Crippen LogP contribution in [0.5, 0.6) is 11.8 Å². The summed E-state index contributed by atoms with van der Waals surface area (Å²) in [6.45, 7) is 6.31. The van der Waals surface area contributed by atoms with E-state index in [1.54, 1.807) is 19.1 Å². The van der Waals surface area contributed by atoms with Crippen molar-refractivity contribution >= 4 is 17.4 Å². The Labute approximate surface area is 211 Å². The smallest absolute Gasteiger partial charge is 0.318 e. The molecule has 2 aliphatic heterocycles. The third-order valence-corrected chi connectivity index (χ3v) is 7.62. The molecule has 188 valence electrons. The fourth-order valence-corrected chi connectivity index (χ4v) is 5.80. The van der Waals surface area contributed by atoms with Gasteiger partial charge in [0.1, 0.15) is 11.6 Å². The van der Waals surface area contributed by atoms with Gasteiger partial charge >= 0.3 is 6.01 Å². The number of carbonyl (C=O) groups excluding carboxylic acids is 1. The number of benzene rings is 1. The van der Waals surface area contributed by atoms with Crippen molar-refractivity contribution in [1.29, 1.82) is 5.26 Å². The van der Waals surface area contributed by atoms with Gasteiger partial charge in [0, 0.05) is 56.0 Å². The molecule has 5 rings (SSSR count). The van der Waals surface area contributed by atoms with Crippen molar-refractivity contribution in [1.82, 2.24) is 14.9 Å². The normalized spacial score (nSPS) is 20.9. The first-order valence-corrected chi connectivity index (χ1v) is 12.5. The first-order chi connectivity index (χ1) is 17.6. The minimum absolute atomic E-state index is 0.137. The summed E-state index contributed by atoms with van der Waals surface area (Å²) in [6, 6.07) is 9.06. The molecule has 2 atom stereocenters. The van der Waals surface area contributed by atoms with Crippen LogP contribution in [0, 0.1) is 11.3 Å². The van der Waals surface area contributed by atoms with Gasteiger partial charge in [0.05, 0.1) is 38.4 Å². The summed E-state index contributed by atoms with van der Waals surface area (Å²) >= 11 is 0. The Kier molecular flexibility index (Phi) is 6.68. The zero-order valence-corrected chi connectivity index (χ0v) is 20.9. The quantitative estimate of drug-likeness (QED) is 0.573. The largest absolute Gasteiger partial charge is 0.497 e. The van der Waals surface area contributed by atoms with E-state index in [-0.39, 0.29) is 18.4 Å². The molecule has 9 heteroatoms. The fourth-order valence-electron chi connectivity index (χ4n) is 5.80. The zero-order valence-electron chi connectivity index (χ0n) is 20.9. The summed E-state index contributed by atoms with van der Waals surface area (Å²) < 4.78 is 11.0. The average molecular weight is 489 g/mol. The Balaban J connectivity index is 1.42. The molecular weight excluding hydrogens is 456 g/mol. The molecule has 1 fully saturated rings. The van der Waals surface area contributed by atoms with Gasteiger partial charge in [-0.25, -0.2) is 0 Å². The zero-order chi connectivity index (χ0) is 25.2. The van der Waals surface area contributed by atoms with Crippen LogP contribution in [0.25, 0.3) is 0 Å². The van der Waals surface area contributed by atoms with Crippen LogP contribution in [0.4, 0.5) is 11.5 Å². The first-order valence-electron chi connectivity index (χ1n) is 12.5. The number of ether oxygens (including phenoxy) is 2. The molecule has 1 aromatic heterocycles. The van der Waals surface area contributed by atoms with Crippen LogP contribution < -0.4 is 19.3 Å². The molecule has 0 radical (unpaired) electrons. The molecule has 36 heavy (non-hydrogen) atoms. The molecule has 0 bridgehead atoms. The highest BCUT2D eigenvalue weighted by atomic mass is 16.5. The predicted molar refractivity (Wildman–Crippen MR) is 137 cm³/mol. The third kappa shape index (κ3) is 4.32. The summed E-state index contributed by atoms with van der Waals surface area (Å²) in [7, 11) is 3.30. The number of methoxy groups -OCH3 is 2. The van der Waals surface area contributed by atoms with Crippen LogP contribution in [0.2, 0.25) is 0 Å². The number of aromatic nitrogens is 2. The number of piperazine rings is 1. The van der Waals surface area contributed by atoms with Crippen molar-refractivity contribution in [2.45, 2.75) is 44.2 Å². The summed E-state index contributed by atoms with van der Waals surface area (Å²) in [6.07, 6.45) is 5.30. The SMILES string of the molecule is C=CC(=O)N1CCN(c2nc(OC)nc3c2CCC(N2CCc4ccc(OC)cc42)C3)C[C@@H]1CC#N. The number of amides is 1. The molecule has 1 amide bonds. The van der Waals surface area contributed by atoms with E-state index in [1.165, 1.54) is 17.3 Å². The van der Waals surface area contributed by atoms with Crippen LogP contribution in [0.3, 0.4) is 0 Å². The molecule has 0 N–H and O–H groups in total. The standard InChI is InChI=1S/C27H32N6O3/c1-4-25(34)33-14-13-31(17-20(33)9-11-28)26-22-8-6-19(15-23(22)29-27(30-26)36-3)32-12-10-18-5-7-21(35-2)16-24(18)32/h4-5,7,16,19-20H,1,6,8-10,12-15,17H2,2-3H3/t19?,20-/m0/s1. The van der Waals surface area contributed by atoms with Crippen LogP contribution in [-0.2, 0) is 24.1 Å². The Hall–Kier alpha value is -3.80. The maximum atomic E-state index is 12.3. The van der Waals surface area contributed by atoms with Gasteiger partial charge in [-0.15, -0.1) is 0 Å². The van der Waals surface area contributed by atoms with E-state index in [0.717, 1.165) is 55.1 Å². The number of hydrogen-bond donors (Lipinski definition) is 0. The van der Waals surface area contributed by atoms with E-state index in [0.29, 0.717) is 31.7 Å². The highest BCUT2D eigenvalue weighted by molar-refractivity contribution is 5.87. The van der Waals surface area contributed by atoms with Gasteiger partial charge in [-0.1, -0.05) is 12.6 Å². The minimum Gasteiger partial charge on any atom is -0.497 e. The second kappa shape index (κ2) is 10.1. The van der Waals surface area contributed by atoms with Crippen molar-refractivity contribution in [3.8, 4) is 17.8 Å². The third-order valence-electron chi connectivity index (χ3n) is 7.62. The maximum Gasteiger partial charge on any atom is 0.318 e. The average Bonchev–Trinajstić information content (AvgIpc) is 3.35. The van der Waals surface area contributed by atoms with Gasteiger partial charge in [0.2, 0.25) is 5.91 Å². The van der Waals surface area contributed by atoms with E-state index in [4.69, 9.17) is 19.4 Å². The maximum absolute atomic E-state index is 12.3. The van der Waals surface area contributed by atoms with Crippen LogP contribution >= 0.6 is 0 Å². The highest BCUT2D eigenvalue weighted by Gasteiger charge is 2.35. The monoisotopic (exact) mass is 488 g/mol. The number of nitrogens with zero attached hydrogens (tertiary/aromatic N) is 6. The molecule has 2 aromatic rings. The molecular formula is C27H32N6O3. The number of rotatable bonds is 6. The van der Waals surface area contributed by atoms with Crippen LogP contribution in [-0.4, -0.2) is 73.3 Å². The molecule has 0 spiro atoms. The number of nitriles is 1. The fraction of sp³-hybridized carbons (Fsp3) is 0.481. The second-order valence-corrected chi connectivity index (χ2v) is 9.49. The van der Waals surface area contributed by atoms with Crippen molar-refractivity contribution in [2.24, 2.45) is 0 Å². The number of carbonyl (C=O) groups is 1. The number of fused-ring (bicyclic) bond motifs is 2. The van der Waals surface area contributed by atoms with E-state index >= 15 is 0 Å². The van der Waals surface area contributed by atoms with Crippen molar-refractivity contribution in [2.75, 3.05) is 50.2 Å². The minimum atomic E-state index is -0.210. The van der Waals surface area contributed by atoms with Crippen molar-refractivity contribution < 1.29 is 14.3 Å².